The predicted molar refractivity (Wildman–Crippen MR) is 73.5 cm³/mol. The molecule has 0 saturated carbocycles. The third kappa shape index (κ3) is 3.32. The summed E-state index contributed by atoms with van der Waals surface area (Å²) in [7, 11) is 0. The van der Waals surface area contributed by atoms with E-state index in [1.807, 2.05) is 24.5 Å². The Morgan fingerprint density at radius 2 is 2.25 bits per heavy atom. The zero-order chi connectivity index (χ0) is 14.5. The van der Waals surface area contributed by atoms with Gasteiger partial charge in [-0.1, -0.05) is 17.1 Å². The van der Waals surface area contributed by atoms with E-state index in [0.717, 1.165) is 15.9 Å². The molecule has 9 heteroatoms. The van der Waals surface area contributed by atoms with Gasteiger partial charge in [0.1, 0.15) is 6.54 Å². The van der Waals surface area contributed by atoms with Crippen LogP contribution >= 0.6 is 11.8 Å². The van der Waals surface area contributed by atoms with E-state index >= 15 is 0 Å². The molecule has 0 radical (unpaired) electrons. The molecule has 104 valence electrons. The van der Waals surface area contributed by atoms with Gasteiger partial charge in [0.05, 0.1) is 5.69 Å². The second-order valence-electron chi connectivity index (χ2n) is 3.75. The van der Waals surface area contributed by atoms with Gasteiger partial charge in [0.2, 0.25) is 12.2 Å². The molecule has 1 aromatic carbocycles. The molecule has 0 saturated heterocycles. The lowest BCUT2D eigenvalue weighted by Crippen LogP contribution is -2.19. The summed E-state index contributed by atoms with van der Waals surface area (Å²) >= 11 is 1.51. The van der Waals surface area contributed by atoms with Crippen LogP contribution in [0.1, 0.15) is 0 Å². The van der Waals surface area contributed by atoms with E-state index in [2.05, 4.69) is 15.4 Å². The Morgan fingerprint density at radius 1 is 1.50 bits per heavy atom. The molecule has 8 nitrogen and oxygen atoms in total. The zero-order valence-electron chi connectivity index (χ0n) is 10.5. The van der Waals surface area contributed by atoms with E-state index < -0.39 is 10.9 Å². The quantitative estimate of drug-likeness (QED) is 0.509. The van der Waals surface area contributed by atoms with Gasteiger partial charge in [-0.2, -0.15) is 4.68 Å². The van der Waals surface area contributed by atoms with E-state index in [1.54, 1.807) is 6.07 Å². The summed E-state index contributed by atoms with van der Waals surface area (Å²) in [5, 5.41) is 16.7. The molecule has 0 spiro atoms. The average molecular weight is 293 g/mol. The predicted octanol–water partition coefficient (Wildman–Crippen LogP) is 1.55. The van der Waals surface area contributed by atoms with Crippen molar-refractivity contribution in [3.05, 3.63) is 40.7 Å². The summed E-state index contributed by atoms with van der Waals surface area (Å²) < 4.78 is 1.12. The fourth-order valence-corrected chi connectivity index (χ4v) is 2.08. The lowest BCUT2D eigenvalue weighted by atomic mass is 10.3. The summed E-state index contributed by atoms with van der Waals surface area (Å²) in [5.74, 6) is -0.853. The number of nitrogens with zero attached hydrogens (tertiary/aromatic N) is 4. The molecule has 0 aliphatic heterocycles. The van der Waals surface area contributed by atoms with Crippen LogP contribution in [0.5, 0.6) is 0 Å². The van der Waals surface area contributed by atoms with Crippen LogP contribution in [0.15, 0.2) is 35.5 Å². The Balaban J connectivity index is 2.03. The van der Waals surface area contributed by atoms with Gasteiger partial charge in [-0.15, -0.1) is 11.8 Å². The van der Waals surface area contributed by atoms with Crippen LogP contribution in [0.25, 0.3) is 0 Å². The van der Waals surface area contributed by atoms with Gasteiger partial charge in [0.25, 0.3) is 0 Å². The van der Waals surface area contributed by atoms with Crippen molar-refractivity contribution in [1.29, 1.82) is 0 Å². The number of anilines is 1. The van der Waals surface area contributed by atoms with Gasteiger partial charge < -0.3 is 15.4 Å². The molecule has 0 atom stereocenters. The first-order chi connectivity index (χ1) is 9.60. The molecule has 2 rings (SSSR count). The van der Waals surface area contributed by atoms with Crippen LogP contribution in [-0.4, -0.2) is 31.9 Å². The largest absolute Gasteiger partial charge is 0.490 e. The van der Waals surface area contributed by atoms with E-state index in [0.29, 0.717) is 5.69 Å². The number of aromatic nitrogens is 3. The second kappa shape index (κ2) is 6.15. The van der Waals surface area contributed by atoms with Crippen LogP contribution in [-0.2, 0) is 11.3 Å². The number of para-hydroxylation sites is 1. The molecular formula is C11H11N5O3S. The normalized spacial score (nSPS) is 10.2. The maximum atomic E-state index is 11.9. The van der Waals surface area contributed by atoms with Gasteiger partial charge in [0, 0.05) is 9.99 Å². The molecule has 20 heavy (non-hydrogen) atoms. The first kappa shape index (κ1) is 14.0. The van der Waals surface area contributed by atoms with Crippen molar-refractivity contribution in [2.45, 2.75) is 11.4 Å². The van der Waals surface area contributed by atoms with Crippen LogP contribution < -0.4 is 5.32 Å². The summed E-state index contributed by atoms with van der Waals surface area (Å²) in [6, 6.07) is 7.37. The Bertz CT molecular complexity index is 642. The molecule has 1 amide bonds. The molecule has 0 aliphatic carbocycles. The third-order valence-corrected chi connectivity index (χ3v) is 3.17. The number of benzene rings is 1. The summed E-state index contributed by atoms with van der Waals surface area (Å²) in [6.45, 7) is -0.135. The van der Waals surface area contributed by atoms with Crippen molar-refractivity contribution in [3.63, 3.8) is 0 Å². The first-order valence-electron chi connectivity index (χ1n) is 5.57. The Hall–Kier alpha value is -2.42. The number of thioether (sulfide) groups is 1. The van der Waals surface area contributed by atoms with E-state index in [-0.39, 0.29) is 12.5 Å². The van der Waals surface area contributed by atoms with E-state index in [1.165, 1.54) is 11.8 Å². The van der Waals surface area contributed by atoms with Crippen molar-refractivity contribution in [3.8, 4) is 0 Å². The fourth-order valence-electron chi connectivity index (χ4n) is 1.53. The SMILES string of the molecule is CSc1ccccc1NC(=O)Cn1cnc([N+](=O)[O-])n1. The minimum absolute atomic E-state index is 0.135. The Labute approximate surface area is 118 Å². The Morgan fingerprint density at radius 3 is 2.90 bits per heavy atom. The standard InChI is InChI=1S/C11H11N5O3S/c1-20-9-5-3-2-4-8(9)13-10(17)6-15-7-12-11(14-15)16(18)19/h2-5,7H,6H2,1H3,(H,13,17). The van der Waals surface area contributed by atoms with Crippen molar-refractivity contribution in [2.75, 3.05) is 11.6 Å². The van der Waals surface area contributed by atoms with Crippen LogP contribution in [0, 0.1) is 10.1 Å². The smallest absolute Gasteiger partial charge is 0.390 e. The molecule has 0 unspecified atom stereocenters. The van der Waals surface area contributed by atoms with Gasteiger partial charge in [-0.25, -0.2) is 0 Å². The number of carbonyl (C=O) groups excluding carboxylic acids is 1. The van der Waals surface area contributed by atoms with Gasteiger partial charge in [0.15, 0.2) is 0 Å². The van der Waals surface area contributed by atoms with Gasteiger partial charge >= 0.3 is 5.95 Å². The third-order valence-electron chi connectivity index (χ3n) is 2.37. The maximum absolute atomic E-state index is 11.9. The molecule has 1 heterocycles. The number of rotatable bonds is 5. The average Bonchev–Trinajstić information content (AvgIpc) is 2.88. The van der Waals surface area contributed by atoms with Crippen molar-refractivity contribution in [2.24, 2.45) is 0 Å². The van der Waals surface area contributed by atoms with Crippen molar-refractivity contribution >= 4 is 29.3 Å². The number of nitrogens with one attached hydrogen (secondary N) is 1. The number of carbonyl (C=O) groups is 1. The van der Waals surface area contributed by atoms with E-state index in [4.69, 9.17) is 0 Å². The summed E-state index contributed by atoms with van der Waals surface area (Å²) in [6.07, 6.45) is 3.06. The van der Waals surface area contributed by atoms with Gasteiger partial charge in [-0.3, -0.25) is 4.79 Å². The maximum Gasteiger partial charge on any atom is 0.490 e. The lowest BCUT2D eigenvalue weighted by molar-refractivity contribution is -0.394. The summed E-state index contributed by atoms with van der Waals surface area (Å²) in [4.78, 5) is 26.0. The number of nitro groups is 1. The highest BCUT2D eigenvalue weighted by Crippen LogP contribution is 2.24. The monoisotopic (exact) mass is 293 g/mol. The molecule has 1 N–H and O–H groups in total. The van der Waals surface area contributed by atoms with Crippen LogP contribution in [0.4, 0.5) is 11.6 Å². The molecule has 2 aromatic rings. The lowest BCUT2D eigenvalue weighted by Gasteiger charge is -2.08. The first-order valence-corrected chi connectivity index (χ1v) is 6.79. The fraction of sp³-hybridized carbons (Fsp3) is 0.182. The highest BCUT2D eigenvalue weighted by atomic mass is 32.2. The number of amides is 1. The highest BCUT2D eigenvalue weighted by molar-refractivity contribution is 7.98. The van der Waals surface area contributed by atoms with Crippen molar-refractivity contribution in [1.82, 2.24) is 14.8 Å². The van der Waals surface area contributed by atoms with Crippen LogP contribution in [0.3, 0.4) is 0 Å². The molecule has 1 aromatic heterocycles. The molecule has 0 bridgehead atoms. The van der Waals surface area contributed by atoms with Crippen molar-refractivity contribution < 1.29 is 9.72 Å². The van der Waals surface area contributed by atoms with Crippen LogP contribution in [0.2, 0.25) is 0 Å². The topological polar surface area (TPSA) is 103 Å². The zero-order valence-corrected chi connectivity index (χ0v) is 11.3. The van der Waals surface area contributed by atoms with E-state index in [9.17, 15) is 14.9 Å². The van der Waals surface area contributed by atoms with Gasteiger partial charge in [-0.05, 0) is 23.3 Å². The number of hydrogen-bond acceptors (Lipinski definition) is 6. The second-order valence-corrected chi connectivity index (χ2v) is 4.60. The molecular weight excluding hydrogens is 282 g/mol. The molecule has 0 fully saturated rings. The number of hydrogen-bond donors (Lipinski definition) is 1. The minimum Gasteiger partial charge on any atom is -0.390 e. The molecule has 0 aliphatic rings. The minimum atomic E-state index is -0.711. The highest BCUT2D eigenvalue weighted by Gasteiger charge is 2.15. The Kier molecular flexibility index (Phi) is 4.31. The summed E-state index contributed by atoms with van der Waals surface area (Å²) in [5.41, 5.74) is 0.694.